The molecule has 1 heterocycles. The summed E-state index contributed by atoms with van der Waals surface area (Å²) in [5.74, 6) is -0.303. The van der Waals surface area contributed by atoms with Crippen LogP contribution in [0.3, 0.4) is 0 Å². The maximum atomic E-state index is 13.2. The van der Waals surface area contributed by atoms with Crippen LogP contribution in [0.25, 0.3) is 0 Å². The van der Waals surface area contributed by atoms with E-state index in [0.717, 1.165) is 15.6 Å². The zero-order valence-corrected chi connectivity index (χ0v) is 12.4. The minimum atomic E-state index is -0.689. The molecule has 102 valence electrons. The van der Waals surface area contributed by atoms with Crippen LogP contribution in [0.1, 0.15) is 37.1 Å². The van der Waals surface area contributed by atoms with Gasteiger partial charge in [0.1, 0.15) is 5.82 Å². The van der Waals surface area contributed by atoms with Gasteiger partial charge in [0.2, 0.25) is 0 Å². The number of benzene rings is 1. The summed E-state index contributed by atoms with van der Waals surface area (Å²) in [5, 5.41) is 14.4. The lowest BCUT2D eigenvalue weighted by Gasteiger charge is -2.10. The second-order valence-electron chi connectivity index (χ2n) is 4.80. The Balaban J connectivity index is 2.15. The number of hydrogen-bond acceptors (Lipinski definition) is 2. The molecule has 0 saturated heterocycles. The molecule has 0 aliphatic heterocycles. The monoisotopic (exact) mass is 326 g/mol. The van der Waals surface area contributed by atoms with Gasteiger partial charge in [-0.25, -0.2) is 4.39 Å². The summed E-state index contributed by atoms with van der Waals surface area (Å²) in [6, 6.07) is 4.72. The van der Waals surface area contributed by atoms with Crippen molar-refractivity contribution in [2.45, 2.75) is 32.4 Å². The predicted octanol–water partition coefficient (Wildman–Crippen LogP) is 3.64. The maximum absolute atomic E-state index is 13.2. The molecule has 0 spiro atoms. The van der Waals surface area contributed by atoms with E-state index < -0.39 is 6.10 Å². The first-order valence-electron chi connectivity index (χ1n) is 6.13. The molecule has 1 atom stereocenters. The molecule has 0 saturated carbocycles. The van der Waals surface area contributed by atoms with Gasteiger partial charge in [0, 0.05) is 28.7 Å². The SMILES string of the molecule is CC(C)n1cc(C(O)Cc2cc(F)ccc2Br)cn1. The highest BCUT2D eigenvalue weighted by atomic mass is 79.9. The third-order valence-electron chi connectivity index (χ3n) is 2.96. The first-order valence-corrected chi connectivity index (χ1v) is 6.92. The fourth-order valence-electron chi connectivity index (χ4n) is 1.83. The molecule has 0 aliphatic carbocycles. The highest BCUT2D eigenvalue weighted by Crippen LogP contribution is 2.24. The molecule has 1 aromatic carbocycles. The molecule has 2 rings (SSSR count). The number of aliphatic hydroxyl groups excluding tert-OH is 1. The molecule has 1 N–H and O–H groups in total. The first kappa shape index (κ1) is 14.2. The topological polar surface area (TPSA) is 38.0 Å². The second-order valence-corrected chi connectivity index (χ2v) is 5.66. The number of rotatable bonds is 4. The van der Waals surface area contributed by atoms with Crippen molar-refractivity contribution in [1.82, 2.24) is 9.78 Å². The van der Waals surface area contributed by atoms with Gasteiger partial charge in [-0.1, -0.05) is 15.9 Å². The Kier molecular flexibility index (Phi) is 4.37. The molecule has 1 unspecified atom stereocenters. The fourth-order valence-corrected chi connectivity index (χ4v) is 2.24. The summed E-state index contributed by atoms with van der Waals surface area (Å²) in [4.78, 5) is 0. The molecule has 0 amide bonds. The molecule has 0 bridgehead atoms. The molecule has 5 heteroatoms. The third-order valence-corrected chi connectivity index (χ3v) is 3.73. The smallest absolute Gasteiger partial charge is 0.123 e. The Morgan fingerprint density at radius 1 is 1.42 bits per heavy atom. The van der Waals surface area contributed by atoms with Gasteiger partial charge in [-0.15, -0.1) is 0 Å². The van der Waals surface area contributed by atoms with Crippen molar-refractivity contribution in [3.8, 4) is 0 Å². The van der Waals surface area contributed by atoms with Crippen molar-refractivity contribution < 1.29 is 9.50 Å². The van der Waals surface area contributed by atoms with E-state index in [0.29, 0.717) is 6.42 Å². The molecular weight excluding hydrogens is 311 g/mol. The Hall–Kier alpha value is -1.20. The summed E-state index contributed by atoms with van der Waals surface area (Å²) in [5.41, 5.74) is 1.48. The Labute approximate surface area is 120 Å². The van der Waals surface area contributed by atoms with Crippen LogP contribution < -0.4 is 0 Å². The lowest BCUT2D eigenvalue weighted by atomic mass is 10.0. The van der Waals surface area contributed by atoms with E-state index in [4.69, 9.17) is 0 Å². The van der Waals surface area contributed by atoms with Crippen molar-refractivity contribution in [3.05, 3.63) is 52.0 Å². The van der Waals surface area contributed by atoms with Gasteiger partial charge < -0.3 is 5.11 Å². The van der Waals surface area contributed by atoms with E-state index in [1.54, 1.807) is 16.9 Å². The molecule has 1 aromatic heterocycles. The lowest BCUT2D eigenvalue weighted by Crippen LogP contribution is -2.03. The zero-order valence-electron chi connectivity index (χ0n) is 10.8. The fraction of sp³-hybridized carbons (Fsp3) is 0.357. The van der Waals surface area contributed by atoms with Crippen molar-refractivity contribution in [2.24, 2.45) is 0 Å². The van der Waals surface area contributed by atoms with Gasteiger partial charge >= 0.3 is 0 Å². The molecule has 0 fully saturated rings. The van der Waals surface area contributed by atoms with Gasteiger partial charge in [-0.05, 0) is 37.6 Å². The van der Waals surface area contributed by atoms with Crippen LogP contribution in [-0.4, -0.2) is 14.9 Å². The van der Waals surface area contributed by atoms with Gasteiger partial charge in [0.05, 0.1) is 12.3 Å². The van der Waals surface area contributed by atoms with Crippen LogP contribution in [0.2, 0.25) is 0 Å². The van der Waals surface area contributed by atoms with E-state index in [9.17, 15) is 9.50 Å². The van der Waals surface area contributed by atoms with Crippen LogP contribution in [0.4, 0.5) is 4.39 Å². The zero-order chi connectivity index (χ0) is 14.0. The van der Waals surface area contributed by atoms with E-state index in [-0.39, 0.29) is 11.9 Å². The van der Waals surface area contributed by atoms with Crippen LogP contribution in [0, 0.1) is 5.82 Å². The number of aliphatic hydroxyl groups is 1. The van der Waals surface area contributed by atoms with Gasteiger partial charge in [0.25, 0.3) is 0 Å². The summed E-state index contributed by atoms with van der Waals surface area (Å²) in [6.45, 7) is 4.04. The van der Waals surface area contributed by atoms with Crippen molar-refractivity contribution in [2.75, 3.05) is 0 Å². The molecule has 0 aliphatic rings. The molecule has 19 heavy (non-hydrogen) atoms. The minimum Gasteiger partial charge on any atom is -0.388 e. The van der Waals surface area contributed by atoms with E-state index in [1.807, 2.05) is 20.0 Å². The number of halogens is 2. The third kappa shape index (κ3) is 3.42. The van der Waals surface area contributed by atoms with Crippen LogP contribution >= 0.6 is 15.9 Å². The summed E-state index contributed by atoms with van der Waals surface area (Å²) in [6.07, 6.45) is 3.13. The number of nitrogens with zero attached hydrogens (tertiary/aromatic N) is 2. The van der Waals surface area contributed by atoms with Gasteiger partial charge in [0.15, 0.2) is 0 Å². The molecule has 3 nitrogen and oxygen atoms in total. The number of aromatic nitrogens is 2. The molecular formula is C14H16BrFN2O. The van der Waals surface area contributed by atoms with Crippen molar-refractivity contribution >= 4 is 15.9 Å². The maximum Gasteiger partial charge on any atom is 0.123 e. The predicted molar refractivity (Wildman–Crippen MR) is 75.4 cm³/mol. The molecule has 2 aromatic rings. The normalized spacial score (nSPS) is 12.9. The minimum absolute atomic E-state index is 0.252. The van der Waals surface area contributed by atoms with Crippen LogP contribution in [0.15, 0.2) is 35.1 Å². The highest BCUT2D eigenvalue weighted by Gasteiger charge is 2.14. The van der Waals surface area contributed by atoms with Crippen LogP contribution in [-0.2, 0) is 6.42 Å². The average Bonchev–Trinajstić information content (AvgIpc) is 2.83. The summed E-state index contributed by atoms with van der Waals surface area (Å²) < 4.78 is 15.8. The quantitative estimate of drug-likeness (QED) is 0.931. The lowest BCUT2D eigenvalue weighted by molar-refractivity contribution is 0.178. The highest BCUT2D eigenvalue weighted by molar-refractivity contribution is 9.10. The number of hydrogen-bond donors (Lipinski definition) is 1. The Bertz CT molecular complexity index is 568. The van der Waals surface area contributed by atoms with E-state index >= 15 is 0 Å². The van der Waals surface area contributed by atoms with E-state index in [1.165, 1.54) is 12.1 Å². The summed E-state index contributed by atoms with van der Waals surface area (Å²) in [7, 11) is 0. The summed E-state index contributed by atoms with van der Waals surface area (Å²) >= 11 is 3.36. The second kappa shape index (κ2) is 5.84. The van der Waals surface area contributed by atoms with E-state index in [2.05, 4.69) is 21.0 Å². The van der Waals surface area contributed by atoms with Crippen LogP contribution in [0.5, 0.6) is 0 Å². The average molecular weight is 327 g/mol. The van der Waals surface area contributed by atoms with Crippen molar-refractivity contribution in [1.29, 1.82) is 0 Å². The van der Waals surface area contributed by atoms with Crippen molar-refractivity contribution in [3.63, 3.8) is 0 Å². The van der Waals surface area contributed by atoms with Gasteiger partial charge in [-0.2, -0.15) is 5.10 Å². The first-order chi connectivity index (χ1) is 8.97. The standard InChI is InChI=1S/C14H16BrFN2O/c1-9(2)18-8-11(7-17-18)14(19)6-10-5-12(16)3-4-13(10)15/h3-5,7-9,14,19H,6H2,1-2H3. The Morgan fingerprint density at radius 3 is 2.79 bits per heavy atom. The van der Waals surface area contributed by atoms with Gasteiger partial charge in [-0.3, -0.25) is 4.68 Å². The molecule has 0 radical (unpaired) electrons. The largest absolute Gasteiger partial charge is 0.388 e. The Morgan fingerprint density at radius 2 is 2.16 bits per heavy atom.